The minimum absolute atomic E-state index is 0.0484. The molecule has 0 fully saturated rings. The van der Waals surface area contributed by atoms with Crippen LogP contribution in [0.15, 0.2) is 41.5 Å². The predicted octanol–water partition coefficient (Wildman–Crippen LogP) is 7.25. The third-order valence-corrected chi connectivity index (χ3v) is 5.68. The summed E-state index contributed by atoms with van der Waals surface area (Å²) in [7, 11) is 0. The first-order chi connectivity index (χ1) is 16.3. The number of nitro benzene ring substituents is 2. The van der Waals surface area contributed by atoms with Gasteiger partial charge in [-0.2, -0.15) is 5.10 Å². The van der Waals surface area contributed by atoms with Crippen LogP contribution in [0.25, 0.3) is 0 Å². The maximum absolute atomic E-state index is 11.4. The van der Waals surface area contributed by atoms with Crippen LogP contribution in [-0.2, 0) is 0 Å². The molecule has 0 aliphatic rings. The summed E-state index contributed by atoms with van der Waals surface area (Å²) in [4.78, 5) is 21.0. The fourth-order valence-corrected chi connectivity index (χ4v) is 3.74. The molecule has 0 atom stereocenters. The summed E-state index contributed by atoms with van der Waals surface area (Å²) in [6.07, 6.45) is 11.1. The molecule has 0 aliphatic heterocycles. The summed E-state index contributed by atoms with van der Waals surface area (Å²) >= 11 is 0. The molecule has 0 heterocycles. The summed E-state index contributed by atoms with van der Waals surface area (Å²) in [6.45, 7) is 4.12. The van der Waals surface area contributed by atoms with Gasteiger partial charge in [0, 0.05) is 11.6 Å². The Balaban J connectivity index is 2.12. The minimum Gasteiger partial charge on any atom is -0.507 e. The summed E-state index contributed by atoms with van der Waals surface area (Å²) < 4.78 is 0. The van der Waals surface area contributed by atoms with Crippen LogP contribution in [0.3, 0.4) is 0 Å². The quantitative estimate of drug-likeness (QED) is 0.122. The number of hydrogen-bond acceptors (Lipinski definition) is 7. The van der Waals surface area contributed by atoms with Crippen LogP contribution in [0.2, 0.25) is 0 Å². The molecule has 0 unspecified atom stereocenters. The lowest BCUT2D eigenvalue weighted by atomic mass is 10.00. The van der Waals surface area contributed by atoms with Crippen LogP contribution in [0.1, 0.15) is 82.3 Å². The lowest BCUT2D eigenvalue weighted by molar-refractivity contribution is -0.393. The molecule has 0 saturated heterocycles. The predicted molar refractivity (Wildman–Crippen MR) is 135 cm³/mol. The zero-order valence-electron chi connectivity index (χ0n) is 20.0. The van der Waals surface area contributed by atoms with Crippen LogP contribution in [-0.4, -0.2) is 20.7 Å². The molecular formula is C25H34N4O5. The second-order valence-electron chi connectivity index (χ2n) is 8.49. The standard InChI is InChI=1S/C25H34N4O5/c1-3-4-5-6-7-8-9-10-11-12-22(21-17-19(2)13-16-25(21)30)26-27-23-15-14-20(28(31)32)18-24(23)29(33)34/h13-18,27,30H,3-12H2,1-2H3/b26-22+. The van der Waals surface area contributed by atoms with Crippen molar-refractivity contribution in [3.63, 3.8) is 0 Å². The number of benzene rings is 2. The number of nitrogens with one attached hydrogen (secondary N) is 1. The molecular weight excluding hydrogens is 436 g/mol. The van der Waals surface area contributed by atoms with E-state index in [4.69, 9.17) is 0 Å². The third kappa shape index (κ3) is 8.46. The van der Waals surface area contributed by atoms with E-state index >= 15 is 0 Å². The lowest BCUT2D eigenvalue weighted by Crippen LogP contribution is -2.07. The number of aromatic hydroxyl groups is 1. The zero-order valence-corrected chi connectivity index (χ0v) is 20.0. The van der Waals surface area contributed by atoms with Crippen molar-refractivity contribution in [3.05, 3.63) is 67.8 Å². The monoisotopic (exact) mass is 470 g/mol. The Morgan fingerprint density at radius 2 is 1.56 bits per heavy atom. The largest absolute Gasteiger partial charge is 0.507 e. The minimum atomic E-state index is -0.685. The van der Waals surface area contributed by atoms with Crippen molar-refractivity contribution >= 4 is 22.8 Å². The molecule has 0 aromatic heterocycles. The highest BCUT2D eigenvalue weighted by molar-refractivity contribution is 6.03. The number of anilines is 1. The molecule has 2 aromatic rings. The molecule has 0 aliphatic carbocycles. The van der Waals surface area contributed by atoms with Gasteiger partial charge in [-0.1, -0.05) is 69.9 Å². The highest BCUT2D eigenvalue weighted by atomic mass is 16.6. The van der Waals surface area contributed by atoms with Crippen molar-refractivity contribution in [2.45, 2.75) is 78.1 Å². The molecule has 184 valence electrons. The van der Waals surface area contributed by atoms with Crippen LogP contribution >= 0.6 is 0 Å². The Hall–Kier alpha value is -3.49. The molecule has 2 aromatic carbocycles. The van der Waals surface area contributed by atoms with E-state index in [1.807, 2.05) is 13.0 Å². The van der Waals surface area contributed by atoms with Crippen molar-refractivity contribution in [3.8, 4) is 5.75 Å². The first-order valence-electron chi connectivity index (χ1n) is 11.9. The van der Waals surface area contributed by atoms with Crippen LogP contribution in [0.4, 0.5) is 17.1 Å². The van der Waals surface area contributed by atoms with Crippen LogP contribution in [0, 0.1) is 27.2 Å². The average Bonchev–Trinajstić information content (AvgIpc) is 2.81. The number of non-ortho nitro benzene ring substituents is 1. The topological polar surface area (TPSA) is 131 Å². The molecule has 0 saturated carbocycles. The molecule has 2 rings (SSSR count). The molecule has 0 amide bonds. The van der Waals surface area contributed by atoms with Crippen molar-refractivity contribution in [2.24, 2.45) is 5.10 Å². The van der Waals surface area contributed by atoms with Gasteiger partial charge in [0.25, 0.3) is 5.69 Å². The molecule has 34 heavy (non-hydrogen) atoms. The maximum atomic E-state index is 11.4. The van der Waals surface area contributed by atoms with E-state index in [-0.39, 0.29) is 17.1 Å². The van der Waals surface area contributed by atoms with Gasteiger partial charge in [-0.15, -0.1) is 0 Å². The number of hydrogen-bond donors (Lipinski definition) is 2. The molecule has 0 spiro atoms. The molecule has 9 nitrogen and oxygen atoms in total. The first-order valence-corrected chi connectivity index (χ1v) is 11.9. The number of phenols is 1. The number of aryl methyl sites for hydroxylation is 1. The fraction of sp³-hybridized carbons (Fsp3) is 0.480. The number of unbranched alkanes of at least 4 members (excludes halogenated alkanes) is 8. The third-order valence-electron chi connectivity index (χ3n) is 5.68. The SMILES string of the molecule is CCCCCCCCCCC/C(=N\Nc1ccc([N+](=O)[O-])cc1[N+](=O)[O-])c1cc(C)ccc1O. The van der Waals surface area contributed by atoms with E-state index in [1.54, 1.807) is 12.1 Å². The maximum Gasteiger partial charge on any atom is 0.301 e. The van der Waals surface area contributed by atoms with Gasteiger partial charge in [-0.3, -0.25) is 25.7 Å². The lowest BCUT2D eigenvalue weighted by Gasteiger charge is -2.11. The zero-order chi connectivity index (χ0) is 24.9. The highest BCUT2D eigenvalue weighted by Gasteiger charge is 2.20. The second-order valence-corrected chi connectivity index (χ2v) is 8.49. The van der Waals surface area contributed by atoms with Gasteiger partial charge in [0.1, 0.15) is 11.4 Å². The van der Waals surface area contributed by atoms with Crippen molar-refractivity contribution in [1.29, 1.82) is 0 Å². The van der Waals surface area contributed by atoms with Gasteiger partial charge in [0.05, 0.1) is 21.6 Å². The van der Waals surface area contributed by atoms with E-state index in [2.05, 4.69) is 17.5 Å². The normalized spacial score (nSPS) is 11.4. The fourth-order valence-electron chi connectivity index (χ4n) is 3.74. The van der Waals surface area contributed by atoms with Crippen LogP contribution in [0.5, 0.6) is 5.75 Å². The van der Waals surface area contributed by atoms with Gasteiger partial charge < -0.3 is 5.11 Å². The van der Waals surface area contributed by atoms with Gasteiger partial charge in [0.15, 0.2) is 0 Å². The van der Waals surface area contributed by atoms with Gasteiger partial charge >= 0.3 is 5.69 Å². The Morgan fingerprint density at radius 1 is 0.912 bits per heavy atom. The van der Waals surface area contributed by atoms with Crippen molar-refractivity contribution in [2.75, 3.05) is 5.43 Å². The van der Waals surface area contributed by atoms with E-state index in [0.717, 1.165) is 30.9 Å². The number of nitro groups is 2. The van der Waals surface area contributed by atoms with E-state index in [0.29, 0.717) is 17.7 Å². The van der Waals surface area contributed by atoms with Crippen LogP contribution < -0.4 is 5.43 Å². The summed E-state index contributed by atoms with van der Waals surface area (Å²) in [5, 5.41) is 37.2. The highest BCUT2D eigenvalue weighted by Crippen LogP contribution is 2.29. The van der Waals surface area contributed by atoms with E-state index in [9.17, 15) is 25.3 Å². The molecule has 0 radical (unpaired) electrons. The number of phenolic OH excluding ortho intramolecular Hbond substituents is 1. The average molecular weight is 471 g/mol. The Kier molecular flexibility index (Phi) is 11.0. The van der Waals surface area contributed by atoms with Gasteiger partial charge in [-0.05, 0) is 38.0 Å². The number of hydrazone groups is 1. The Labute approximate surface area is 200 Å². The summed E-state index contributed by atoms with van der Waals surface area (Å²) in [5.41, 5.74) is 4.04. The van der Waals surface area contributed by atoms with Crippen molar-refractivity contribution < 1.29 is 15.0 Å². The van der Waals surface area contributed by atoms with Crippen molar-refractivity contribution in [1.82, 2.24) is 0 Å². The smallest absolute Gasteiger partial charge is 0.301 e. The molecule has 2 N–H and O–H groups in total. The second kappa shape index (κ2) is 13.9. The Bertz CT molecular complexity index is 1010. The Morgan fingerprint density at radius 3 is 2.18 bits per heavy atom. The molecule has 0 bridgehead atoms. The van der Waals surface area contributed by atoms with Gasteiger partial charge in [-0.25, -0.2) is 0 Å². The first kappa shape index (κ1) is 26.8. The number of nitrogens with zero attached hydrogens (tertiary/aromatic N) is 3. The van der Waals surface area contributed by atoms with E-state index in [1.165, 1.54) is 50.7 Å². The molecule has 9 heteroatoms. The van der Waals surface area contributed by atoms with E-state index < -0.39 is 15.5 Å². The number of rotatable bonds is 15. The summed E-state index contributed by atoms with van der Waals surface area (Å²) in [5.74, 6) is 0.0836. The summed E-state index contributed by atoms with van der Waals surface area (Å²) in [6, 6.07) is 8.59. The van der Waals surface area contributed by atoms with Gasteiger partial charge in [0.2, 0.25) is 0 Å².